The molecule has 0 saturated carbocycles. The first kappa shape index (κ1) is 15.7. The van der Waals surface area contributed by atoms with Crippen molar-refractivity contribution < 1.29 is 13.5 Å². The molecule has 0 spiro atoms. The number of aliphatic hydroxyl groups excluding tert-OH is 1. The molecule has 3 nitrogen and oxygen atoms in total. The van der Waals surface area contributed by atoms with E-state index in [1.165, 1.54) is 0 Å². The van der Waals surface area contributed by atoms with Crippen LogP contribution in [-0.2, 0) is 9.84 Å². The quantitative estimate of drug-likeness (QED) is 0.870. The number of hydrogen-bond acceptors (Lipinski definition) is 3. The minimum absolute atomic E-state index is 0.0454. The van der Waals surface area contributed by atoms with Crippen LogP contribution in [0.4, 0.5) is 0 Å². The fourth-order valence-corrected chi connectivity index (χ4v) is 3.39. The zero-order valence-corrected chi connectivity index (χ0v) is 13.0. The van der Waals surface area contributed by atoms with E-state index in [9.17, 15) is 13.5 Å². The standard InChI is InChI=1S/C13H19BrO3S/c1-10(2)18(16,17)8-7-11(9-15)12-5-3-4-6-13(12)14/h3-6,10-11,15H,7-9H2,1-2H3. The molecule has 0 fully saturated rings. The molecular formula is C13H19BrO3S. The molecule has 1 aromatic carbocycles. The van der Waals surface area contributed by atoms with E-state index >= 15 is 0 Å². The first-order valence-corrected chi connectivity index (χ1v) is 8.46. The summed E-state index contributed by atoms with van der Waals surface area (Å²) in [6.07, 6.45) is 0.444. The fourth-order valence-electron chi connectivity index (χ4n) is 1.69. The molecule has 0 aliphatic carbocycles. The molecule has 0 saturated heterocycles. The summed E-state index contributed by atoms with van der Waals surface area (Å²) < 4.78 is 24.5. The number of hydrogen-bond donors (Lipinski definition) is 1. The Bertz CT molecular complexity index is 483. The minimum Gasteiger partial charge on any atom is -0.396 e. The van der Waals surface area contributed by atoms with Crippen molar-refractivity contribution in [3.05, 3.63) is 34.3 Å². The van der Waals surface area contributed by atoms with Gasteiger partial charge in [0.2, 0.25) is 0 Å². The fraction of sp³-hybridized carbons (Fsp3) is 0.538. The largest absolute Gasteiger partial charge is 0.396 e. The molecule has 0 aliphatic rings. The third kappa shape index (κ3) is 4.07. The van der Waals surface area contributed by atoms with E-state index in [2.05, 4.69) is 15.9 Å². The van der Waals surface area contributed by atoms with Gasteiger partial charge in [0.15, 0.2) is 9.84 Å². The van der Waals surface area contributed by atoms with E-state index in [1.807, 2.05) is 24.3 Å². The van der Waals surface area contributed by atoms with Gasteiger partial charge < -0.3 is 5.11 Å². The molecule has 5 heteroatoms. The SMILES string of the molecule is CC(C)S(=O)(=O)CCC(CO)c1ccccc1Br. The second-order valence-corrected chi connectivity index (χ2v) is 8.14. The maximum absolute atomic E-state index is 11.8. The smallest absolute Gasteiger partial charge is 0.152 e. The maximum Gasteiger partial charge on any atom is 0.152 e. The van der Waals surface area contributed by atoms with Gasteiger partial charge in [-0.05, 0) is 31.9 Å². The summed E-state index contributed by atoms with van der Waals surface area (Å²) in [5.41, 5.74) is 0.957. The lowest BCUT2D eigenvalue weighted by Gasteiger charge is -2.17. The lowest BCUT2D eigenvalue weighted by Crippen LogP contribution is -2.20. The highest BCUT2D eigenvalue weighted by Gasteiger charge is 2.20. The van der Waals surface area contributed by atoms with Crippen LogP contribution in [0.3, 0.4) is 0 Å². The lowest BCUT2D eigenvalue weighted by molar-refractivity contribution is 0.262. The normalized spacial score (nSPS) is 13.8. The van der Waals surface area contributed by atoms with Gasteiger partial charge in [-0.25, -0.2) is 8.42 Å². The van der Waals surface area contributed by atoms with Gasteiger partial charge >= 0.3 is 0 Å². The molecule has 18 heavy (non-hydrogen) atoms. The highest BCUT2D eigenvalue weighted by Crippen LogP contribution is 2.27. The number of rotatable bonds is 6. The molecule has 1 rings (SSSR count). The van der Waals surface area contributed by atoms with Gasteiger partial charge in [-0.15, -0.1) is 0 Å². The van der Waals surface area contributed by atoms with Crippen LogP contribution < -0.4 is 0 Å². The van der Waals surface area contributed by atoms with Crippen LogP contribution in [0.15, 0.2) is 28.7 Å². The van der Waals surface area contributed by atoms with Crippen LogP contribution in [0, 0.1) is 0 Å². The van der Waals surface area contributed by atoms with Gasteiger partial charge in [-0.3, -0.25) is 0 Å². The summed E-state index contributed by atoms with van der Waals surface area (Å²) in [6.45, 7) is 3.32. The van der Waals surface area contributed by atoms with Crippen LogP contribution >= 0.6 is 15.9 Å². The van der Waals surface area contributed by atoms with Crippen molar-refractivity contribution in [3.63, 3.8) is 0 Å². The van der Waals surface area contributed by atoms with Crippen molar-refractivity contribution in [3.8, 4) is 0 Å². The Morgan fingerprint density at radius 2 is 1.89 bits per heavy atom. The van der Waals surface area contributed by atoms with Crippen LogP contribution in [0.1, 0.15) is 31.7 Å². The van der Waals surface area contributed by atoms with Gasteiger partial charge in [0.25, 0.3) is 0 Å². The van der Waals surface area contributed by atoms with Crippen molar-refractivity contribution >= 4 is 25.8 Å². The number of sulfone groups is 1. The summed E-state index contributed by atoms with van der Waals surface area (Å²) in [6, 6.07) is 7.59. The Morgan fingerprint density at radius 3 is 2.39 bits per heavy atom. The summed E-state index contributed by atoms with van der Waals surface area (Å²) in [4.78, 5) is 0. The Kier molecular flexibility index (Phi) is 5.82. The molecule has 0 aliphatic heterocycles. The Morgan fingerprint density at radius 1 is 1.28 bits per heavy atom. The molecule has 102 valence electrons. The van der Waals surface area contributed by atoms with Gasteiger partial charge in [0, 0.05) is 17.0 Å². The van der Waals surface area contributed by atoms with Gasteiger partial charge in [-0.1, -0.05) is 34.1 Å². The highest BCUT2D eigenvalue weighted by molar-refractivity contribution is 9.10. The molecule has 0 amide bonds. The summed E-state index contributed by atoms with van der Waals surface area (Å²) in [7, 11) is -3.05. The second kappa shape index (κ2) is 6.68. The highest BCUT2D eigenvalue weighted by atomic mass is 79.9. The van der Waals surface area contributed by atoms with Gasteiger partial charge in [0.05, 0.1) is 11.0 Å². The zero-order valence-electron chi connectivity index (χ0n) is 10.6. The topological polar surface area (TPSA) is 54.4 Å². The first-order chi connectivity index (χ1) is 8.38. The predicted octanol–water partition coefficient (Wildman–Crippen LogP) is 2.74. The Labute approximate surface area is 117 Å². The summed E-state index contributed by atoms with van der Waals surface area (Å²) >= 11 is 3.43. The average molecular weight is 335 g/mol. The van der Waals surface area contributed by atoms with E-state index in [1.54, 1.807) is 13.8 Å². The van der Waals surface area contributed by atoms with Crippen molar-refractivity contribution in [2.75, 3.05) is 12.4 Å². The Balaban J connectivity index is 2.79. The molecule has 1 atom stereocenters. The molecule has 0 bridgehead atoms. The third-order valence-corrected chi connectivity index (χ3v) is 6.00. The van der Waals surface area contributed by atoms with Crippen LogP contribution in [0.5, 0.6) is 0 Å². The minimum atomic E-state index is -3.05. The summed E-state index contributed by atoms with van der Waals surface area (Å²) in [5.74, 6) is -0.0360. The molecular weight excluding hydrogens is 316 g/mol. The van der Waals surface area contributed by atoms with Crippen molar-refractivity contribution in [2.45, 2.75) is 31.4 Å². The number of benzene rings is 1. The monoisotopic (exact) mass is 334 g/mol. The first-order valence-electron chi connectivity index (χ1n) is 5.95. The average Bonchev–Trinajstić information content (AvgIpc) is 2.31. The van der Waals surface area contributed by atoms with E-state index in [0.717, 1.165) is 10.0 Å². The molecule has 0 aromatic heterocycles. The second-order valence-electron chi connectivity index (χ2n) is 4.61. The van der Waals surface area contributed by atoms with Crippen molar-refractivity contribution in [2.24, 2.45) is 0 Å². The van der Waals surface area contributed by atoms with E-state index in [4.69, 9.17) is 0 Å². The lowest BCUT2D eigenvalue weighted by atomic mass is 9.98. The summed E-state index contributed by atoms with van der Waals surface area (Å²) in [5, 5.41) is 9.06. The van der Waals surface area contributed by atoms with E-state index in [-0.39, 0.29) is 23.5 Å². The van der Waals surface area contributed by atoms with Crippen LogP contribution in [0.25, 0.3) is 0 Å². The third-order valence-electron chi connectivity index (χ3n) is 3.03. The van der Waals surface area contributed by atoms with Gasteiger partial charge in [0.1, 0.15) is 0 Å². The molecule has 1 aromatic rings. The number of aliphatic hydroxyl groups is 1. The van der Waals surface area contributed by atoms with Crippen LogP contribution in [0.2, 0.25) is 0 Å². The molecule has 0 radical (unpaired) electrons. The van der Waals surface area contributed by atoms with E-state index < -0.39 is 9.84 Å². The number of halogens is 1. The molecule has 1 N–H and O–H groups in total. The maximum atomic E-state index is 11.8. The molecule has 0 heterocycles. The molecule has 1 unspecified atom stereocenters. The van der Waals surface area contributed by atoms with Crippen LogP contribution in [-0.4, -0.2) is 31.1 Å². The van der Waals surface area contributed by atoms with Crippen molar-refractivity contribution in [1.82, 2.24) is 0 Å². The van der Waals surface area contributed by atoms with E-state index in [0.29, 0.717) is 6.42 Å². The Hall–Kier alpha value is -0.390. The van der Waals surface area contributed by atoms with Gasteiger partial charge in [-0.2, -0.15) is 0 Å². The predicted molar refractivity (Wildman–Crippen MR) is 77.5 cm³/mol. The van der Waals surface area contributed by atoms with Crippen molar-refractivity contribution in [1.29, 1.82) is 0 Å². The zero-order chi connectivity index (χ0) is 13.8.